The Hall–Kier alpha value is -0.830. The van der Waals surface area contributed by atoms with Crippen molar-refractivity contribution in [3.8, 4) is 0 Å². The third-order valence-electron chi connectivity index (χ3n) is 2.57. The summed E-state index contributed by atoms with van der Waals surface area (Å²) in [7, 11) is 0. The van der Waals surface area contributed by atoms with E-state index in [9.17, 15) is 0 Å². The van der Waals surface area contributed by atoms with Crippen molar-refractivity contribution < 1.29 is 4.52 Å². The zero-order valence-electron chi connectivity index (χ0n) is 9.18. The first kappa shape index (κ1) is 9.71. The van der Waals surface area contributed by atoms with Crippen molar-refractivity contribution in [2.24, 2.45) is 0 Å². The topological polar surface area (TPSA) is 38.1 Å². The van der Waals surface area contributed by atoms with Gasteiger partial charge >= 0.3 is 0 Å². The van der Waals surface area contributed by atoms with E-state index in [2.05, 4.69) is 31.2 Å². The molecule has 0 unspecified atom stereocenters. The molecule has 0 atom stereocenters. The predicted octanol–water partition coefficient (Wildman–Crippen LogP) is 2.05. The number of rotatable bonds is 2. The molecule has 0 saturated carbocycles. The first-order valence-electron chi connectivity index (χ1n) is 5.27. The minimum absolute atomic E-state index is 0.143. The molecule has 1 N–H and O–H groups in total. The monoisotopic (exact) mass is 194 g/mol. The third kappa shape index (κ3) is 1.98. The molecule has 1 aliphatic rings. The molecule has 0 aliphatic heterocycles. The summed E-state index contributed by atoms with van der Waals surface area (Å²) in [5.41, 5.74) is 2.60. The standard InChI is InChI=1S/C11H18N2O/c1-11(2,3)12-7-9-8-5-4-6-10(8)14-13-9/h12H,4-7H2,1-3H3. The average Bonchev–Trinajstić information content (AvgIpc) is 2.59. The first-order chi connectivity index (χ1) is 6.56. The number of nitrogens with one attached hydrogen (secondary N) is 1. The van der Waals surface area contributed by atoms with E-state index in [-0.39, 0.29) is 5.54 Å². The molecule has 0 bridgehead atoms. The SMILES string of the molecule is CC(C)(C)NCc1noc2c1CCC2. The van der Waals surface area contributed by atoms with Gasteiger partial charge in [0.05, 0.1) is 0 Å². The van der Waals surface area contributed by atoms with Crippen LogP contribution in [0, 0.1) is 0 Å². The fourth-order valence-corrected chi connectivity index (χ4v) is 1.78. The van der Waals surface area contributed by atoms with E-state index in [1.807, 2.05) is 0 Å². The van der Waals surface area contributed by atoms with E-state index < -0.39 is 0 Å². The normalized spacial score (nSPS) is 15.9. The Morgan fingerprint density at radius 3 is 2.86 bits per heavy atom. The average molecular weight is 194 g/mol. The summed E-state index contributed by atoms with van der Waals surface area (Å²) in [5.74, 6) is 1.11. The van der Waals surface area contributed by atoms with Crippen molar-refractivity contribution in [3.63, 3.8) is 0 Å². The number of nitrogens with zero attached hydrogens (tertiary/aromatic N) is 1. The largest absolute Gasteiger partial charge is 0.361 e. The minimum Gasteiger partial charge on any atom is -0.361 e. The third-order valence-corrected chi connectivity index (χ3v) is 2.57. The molecule has 0 saturated heterocycles. The molecule has 0 spiro atoms. The van der Waals surface area contributed by atoms with Crippen LogP contribution in [-0.2, 0) is 19.4 Å². The Kier molecular flexibility index (Phi) is 2.35. The molecule has 0 amide bonds. The molecule has 1 aromatic heterocycles. The summed E-state index contributed by atoms with van der Waals surface area (Å²) in [4.78, 5) is 0. The minimum atomic E-state index is 0.143. The van der Waals surface area contributed by atoms with Crippen molar-refractivity contribution in [1.82, 2.24) is 10.5 Å². The molecule has 1 aliphatic carbocycles. The van der Waals surface area contributed by atoms with Crippen LogP contribution < -0.4 is 5.32 Å². The van der Waals surface area contributed by atoms with E-state index in [1.165, 1.54) is 12.0 Å². The van der Waals surface area contributed by atoms with Crippen LogP contribution in [0.3, 0.4) is 0 Å². The van der Waals surface area contributed by atoms with E-state index in [1.54, 1.807) is 0 Å². The van der Waals surface area contributed by atoms with Crippen LogP contribution in [0.1, 0.15) is 44.2 Å². The Balaban J connectivity index is 2.04. The van der Waals surface area contributed by atoms with Gasteiger partial charge in [-0.3, -0.25) is 0 Å². The van der Waals surface area contributed by atoms with Gasteiger partial charge in [-0.2, -0.15) is 0 Å². The molecule has 14 heavy (non-hydrogen) atoms. The second-order valence-electron chi connectivity index (χ2n) is 4.99. The molecule has 0 radical (unpaired) electrons. The number of hydrogen-bond donors (Lipinski definition) is 1. The van der Waals surface area contributed by atoms with Gasteiger partial charge in [0, 0.05) is 24.1 Å². The lowest BCUT2D eigenvalue weighted by molar-refractivity contribution is 0.366. The van der Waals surface area contributed by atoms with Crippen LogP contribution in [0.15, 0.2) is 4.52 Å². The van der Waals surface area contributed by atoms with Crippen molar-refractivity contribution in [2.75, 3.05) is 0 Å². The van der Waals surface area contributed by atoms with Gasteiger partial charge in [-0.05, 0) is 33.6 Å². The quantitative estimate of drug-likeness (QED) is 0.783. The van der Waals surface area contributed by atoms with Crippen molar-refractivity contribution in [3.05, 3.63) is 17.0 Å². The summed E-state index contributed by atoms with van der Waals surface area (Å²) in [6, 6.07) is 0. The predicted molar refractivity (Wildman–Crippen MR) is 55.1 cm³/mol. The van der Waals surface area contributed by atoms with Gasteiger partial charge in [0.2, 0.25) is 0 Å². The van der Waals surface area contributed by atoms with E-state index in [0.29, 0.717) is 0 Å². The lowest BCUT2D eigenvalue weighted by atomic mass is 10.1. The molecule has 2 rings (SSSR count). The molecule has 3 nitrogen and oxygen atoms in total. The van der Waals surface area contributed by atoms with Crippen LogP contribution in [0.2, 0.25) is 0 Å². The number of fused-ring (bicyclic) bond motifs is 1. The van der Waals surface area contributed by atoms with Crippen LogP contribution in [0.25, 0.3) is 0 Å². The zero-order chi connectivity index (χ0) is 10.2. The molecule has 3 heteroatoms. The maximum absolute atomic E-state index is 5.28. The fourth-order valence-electron chi connectivity index (χ4n) is 1.78. The molecular weight excluding hydrogens is 176 g/mol. The number of hydrogen-bond acceptors (Lipinski definition) is 3. The second-order valence-corrected chi connectivity index (χ2v) is 4.99. The van der Waals surface area contributed by atoms with Gasteiger partial charge in [-0.1, -0.05) is 5.16 Å². The molecule has 78 valence electrons. The number of aryl methyl sites for hydroxylation is 1. The molecule has 1 aromatic rings. The number of aromatic nitrogens is 1. The van der Waals surface area contributed by atoms with Crippen molar-refractivity contribution in [2.45, 2.75) is 52.1 Å². The van der Waals surface area contributed by atoms with E-state index in [4.69, 9.17) is 4.52 Å². The Morgan fingerprint density at radius 1 is 1.36 bits per heavy atom. The van der Waals surface area contributed by atoms with Gasteiger partial charge in [-0.25, -0.2) is 0 Å². The second kappa shape index (κ2) is 3.39. The highest BCUT2D eigenvalue weighted by Crippen LogP contribution is 2.24. The Bertz CT molecular complexity index is 323. The lowest BCUT2D eigenvalue weighted by Gasteiger charge is -2.19. The molecule has 1 heterocycles. The van der Waals surface area contributed by atoms with Gasteiger partial charge in [0.15, 0.2) is 0 Å². The van der Waals surface area contributed by atoms with Gasteiger partial charge < -0.3 is 9.84 Å². The molecule has 0 aromatic carbocycles. The Labute approximate surface area is 84.9 Å². The van der Waals surface area contributed by atoms with Crippen LogP contribution >= 0.6 is 0 Å². The Morgan fingerprint density at radius 2 is 2.14 bits per heavy atom. The summed E-state index contributed by atoms with van der Waals surface area (Å²) in [6.07, 6.45) is 3.43. The van der Waals surface area contributed by atoms with Crippen LogP contribution in [-0.4, -0.2) is 10.7 Å². The molecule has 0 fully saturated rings. The summed E-state index contributed by atoms with van der Waals surface area (Å²) in [5, 5.41) is 7.53. The van der Waals surface area contributed by atoms with Crippen molar-refractivity contribution in [1.29, 1.82) is 0 Å². The zero-order valence-corrected chi connectivity index (χ0v) is 9.18. The maximum Gasteiger partial charge on any atom is 0.140 e. The highest BCUT2D eigenvalue weighted by molar-refractivity contribution is 5.27. The highest BCUT2D eigenvalue weighted by atomic mass is 16.5. The van der Waals surface area contributed by atoms with Gasteiger partial charge in [-0.15, -0.1) is 0 Å². The van der Waals surface area contributed by atoms with Gasteiger partial charge in [0.1, 0.15) is 11.5 Å². The van der Waals surface area contributed by atoms with E-state index in [0.717, 1.165) is 30.8 Å². The van der Waals surface area contributed by atoms with E-state index >= 15 is 0 Å². The fraction of sp³-hybridized carbons (Fsp3) is 0.727. The summed E-state index contributed by atoms with van der Waals surface area (Å²) >= 11 is 0. The van der Waals surface area contributed by atoms with Crippen LogP contribution in [0.4, 0.5) is 0 Å². The summed E-state index contributed by atoms with van der Waals surface area (Å²) < 4.78 is 5.28. The lowest BCUT2D eigenvalue weighted by Crippen LogP contribution is -2.35. The smallest absolute Gasteiger partial charge is 0.140 e. The first-order valence-corrected chi connectivity index (χ1v) is 5.27. The van der Waals surface area contributed by atoms with Crippen LogP contribution in [0.5, 0.6) is 0 Å². The van der Waals surface area contributed by atoms with Crippen molar-refractivity contribution >= 4 is 0 Å². The maximum atomic E-state index is 5.28. The van der Waals surface area contributed by atoms with Gasteiger partial charge in [0.25, 0.3) is 0 Å². The highest BCUT2D eigenvalue weighted by Gasteiger charge is 2.21. The molecular formula is C11H18N2O. The summed E-state index contributed by atoms with van der Waals surface area (Å²) in [6.45, 7) is 7.30.